The maximum atomic E-state index is 5.73. The number of anilines is 2. The molecule has 0 saturated heterocycles. The number of nitrogens with zero attached hydrogens (tertiary/aromatic N) is 4. The predicted octanol–water partition coefficient (Wildman–Crippen LogP) is 0.627. The number of fused-ring (bicyclic) bond motifs is 3. The van der Waals surface area contributed by atoms with Crippen LogP contribution < -0.4 is 11.1 Å². The molecule has 0 radical (unpaired) electrons. The van der Waals surface area contributed by atoms with Gasteiger partial charge in [0.05, 0.1) is 0 Å². The van der Waals surface area contributed by atoms with Gasteiger partial charge >= 0.3 is 0 Å². The van der Waals surface area contributed by atoms with Gasteiger partial charge < -0.3 is 11.1 Å². The first-order valence-corrected chi connectivity index (χ1v) is 5.51. The van der Waals surface area contributed by atoms with Gasteiger partial charge in [-0.3, -0.25) is 0 Å². The van der Waals surface area contributed by atoms with Gasteiger partial charge in [0.2, 0.25) is 5.95 Å². The van der Waals surface area contributed by atoms with Crippen molar-refractivity contribution < 1.29 is 0 Å². The molecule has 1 aliphatic carbocycles. The van der Waals surface area contributed by atoms with Crippen LogP contribution in [0.1, 0.15) is 24.0 Å². The molecule has 84 valence electrons. The van der Waals surface area contributed by atoms with Crippen molar-refractivity contribution >= 4 is 17.4 Å². The second kappa shape index (κ2) is 3.33. The highest BCUT2D eigenvalue weighted by Gasteiger charge is 2.20. The van der Waals surface area contributed by atoms with Crippen molar-refractivity contribution in [2.24, 2.45) is 0 Å². The minimum atomic E-state index is 0.347. The molecule has 0 amide bonds. The Hall–Kier alpha value is -1.85. The molecule has 16 heavy (non-hydrogen) atoms. The molecule has 0 aliphatic heterocycles. The van der Waals surface area contributed by atoms with E-state index in [-0.39, 0.29) is 0 Å². The van der Waals surface area contributed by atoms with Gasteiger partial charge in [-0.05, 0) is 25.7 Å². The van der Waals surface area contributed by atoms with Crippen LogP contribution in [0.2, 0.25) is 0 Å². The minimum absolute atomic E-state index is 0.347. The highest BCUT2D eigenvalue weighted by atomic mass is 15.4. The number of hydrogen-bond donors (Lipinski definition) is 2. The van der Waals surface area contributed by atoms with Crippen LogP contribution in [0, 0.1) is 0 Å². The van der Waals surface area contributed by atoms with E-state index in [1.54, 1.807) is 4.52 Å². The summed E-state index contributed by atoms with van der Waals surface area (Å²) in [5, 5.41) is 15.5. The first-order valence-electron chi connectivity index (χ1n) is 5.51. The lowest BCUT2D eigenvalue weighted by atomic mass is 9.93. The smallest absolute Gasteiger partial charge is 0.243 e. The van der Waals surface area contributed by atoms with Crippen LogP contribution in [0.4, 0.5) is 11.8 Å². The van der Waals surface area contributed by atoms with Gasteiger partial charge in [-0.1, -0.05) is 0 Å². The Labute approximate surface area is 92.9 Å². The maximum Gasteiger partial charge on any atom is 0.243 e. The van der Waals surface area contributed by atoms with E-state index in [1.165, 1.54) is 24.0 Å². The molecule has 0 unspecified atom stereocenters. The second-order valence-corrected chi connectivity index (χ2v) is 4.06. The Kier molecular flexibility index (Phi) is 1.95. The third kappa shape index (κ3) is 1.16. The van der Waals surface area contributed by atoms with Gasteiger partial charge in [-0.15, -0.1) is 15.3 Å². The number of aryl methyl sites for hydroxylation is 1. The Balaban J connectivity index is 2.36. The molecule has 0 aromatic carbocycles. The zero-order valence-corrected chi connectivity index (χ0v) is 9.19. The Morgan fingerprint density at radius 3 is 2.69 bits per heavy atom. The van der Waals surface area contributed by atoms with E-state index >= 15 is 0 Å². The van der Waals surface area contributed by atoms with E-state index in [4.69, 9.17) is 5.73 Å². The third-order valence-electron chi connectivity index (χ3n) is 3.13. The lowest BCUT2D eigenvalue weighted by molar-refractivity contribution is 0.678. The Morgan fingerprint density at radius 1 is 1.19 bits per heavy atom. The standard InChI is InChI=1S/C10H14N6/c1-12-8-6-4-2-3-5-7(6)9-13-14-10(11)16(9)15-8/h2-5H2,1H3,(H2,11,14)(H,12,15). The van der Waals surface area contributed by atoms with Crippen molar-refractivity contribution in [1.82, 2.24) is 19.8 Å². The summed E-state index contributed by atoms with van der Waals surface area (Å²) in [5.74, 6) is 1.24. The number of nitrogens with two attached hydrogens (primary N) is 1. The van der Waals surface area contributed by atoms with E-state index in [2.05, 4.69) is 20.6 Å². The molecule has 1 aliphatic rings. The van der Waals surface area contributed by atoms with Gasteiger partial charge in [0.1, 0.15) is 5.82 Å². The van der Waals surface area contributed by atoms with Gasteiger partial charge in [-0.2, -0.15) is 4.52 Å². The van der Waals surface area contributed by atoms with Crippen LogP contribution >= 0.6 is 0 Å². The molecule has 2 aromatic rings. The molecular formula is C10H14N6. The molecule has 3 N–H and O–H groups in total. The molecule has 0 fully saturated rings. The van der Waals surface area contributed by atoms with Crippen molar-refractivity contribution in [3.05, 3.63) is 11.1 Å². The molecule has 2 aromatic heterocycles. The van der Waals surface area contributed by atoms with Crippen molar-refractivity contribution in [3.8, 4) is 0 Å². The number of nitrogen functional groups attached to an aromatic ring is 1. The summed E-state index contributed by atoms with van der Waals surface area (Å²) >= 11 is 0. The predicted molar refractivity (Wildman–Crippen MR) is 61.4 cm³/mol. The first kappa shape index (κ1) is 9.38. The fourth-order valence-electron chi connectivity index (χ4n) is 2.35. The molecule has 0 bridgehead atoms. The van der Waals surface area contributed by atoms with Gasteiger partial charge in [-0.25, -0.2) is 0 Å². The van der Waals surface area contributed by atoms with Gasteiger partial charge in [0.25, 0.3) is 0 Å². The van der Waals surface area contributed by atoms with Crippen LogP contribution in [0.3, 0.4) is 0 Å². The molecule has 0 atom stereocenters. The average Bonchev–Trinajstić information content (AvgIpc) is 2.70. The molecule has 3 rings (SSSR count). The van der Waals surface area contributed by atoms with Crippen molar-refractivity contribution in [2.75, 3.05) is 18.1 Å². The summed E-state index contributed by atoms with van der Waals surface area (Å²) in [6.45, 7) is 0. The zero-order chi connectivity index (χ0) is 11.1. The third-order valence-corrected chi connectivity index (χ3v) is 3.13. The van der Waals surface area contributed by atoms with Crippen molar-refractivity contribution in [1.29, 1.82) is 0 Å². The average molecular weight is 218 g/mol. The van der Waals surface area contributed by atoms with E-state index < -0.39 is 0 Å². The maximum absolute atomic E-state index is 5.73. The molecule has 6 heteroatoms. The fraction of sp³-hybridized carbons (Fsp3) is 0.500. The highest BCUT2D eigenvalue weighted by molar-refractivity contribution is 5.61. The van der Waals surface area contributed by atoms with E-state index in [1.807, 2.05) is 7.05 Å². The van der Waals surface area contributed by atoms with Crippen LogP contribution in [0.5, 0.6) is 0 Å². The lowest BCUT2D eigenvalue weighted by Crippen LogP contribution is -2.13. The monoisotopic (exact) mass is 218 g/mol. The normalized spacial score (nSPS) is 15.1. The number of hydrogen-bond acceptors (Lipinski definition) is 5. The van der Waals surface area contributed by atoms with E-state index in [0.717, 1.165) is 24.3 Å². The quantitative estimate of drug-likeness (QED) is 0.733. The van der Waals surface area contributed by atoms with Crippen LogP contribution in [0.15, 0.2) is 0 Å². The Morgan fingerprint density at radius 2 is 1.94 bits per heavy atom. The van der Waals surface area contributed by atoms with Crippen LogP contribution in [-0.4, -0.2) is 26.9 Å². The molecule has 0 spiro atoms. The van der Waals surface area contributed by atoms with Gasteiger partial charge in [0.15, 0.2) is 5.65 Å². The van der Waals surface area contributed by atoms with E-state index in [9.17, 15) is 0 Å². The highest BCUT2D eigenvalue weighted by Crippen LogP contribution is 2.29. The fourth-order valence-corrected chi connectivity index (χ4v) is 2.35. The van der Waals surface area contributed by atoms with Gasteiger partial charge in [0, 0.05) is 18.2 Å². The Bertz CT molecular complexity index is 544. The van der Waals surface area contributed by atoms with Crippen molar-refractivity contribution in [2.45, 2.75) is 25.7 Å². The second-order valence-electron chi connectivity index (χ2n) is 4.06. The lowest BCUT2D eigenvalue weighted by Gasteiger charge is -2.18. The largest absolute Gasteiger partial charge is 0.371 e. The van der Waals surface area contributed by atoms with E-state index in [0.29, 0.717) is 5.95 Å². The van der Waals surface area contributed by atoms with Crippen molar-refractivity contribution in [3.63, 3.8) is 0 Å². The number of nitrogens with one attached hydrogen (secondary N) is 1. The summed E-state index contributed by atoms with van der Waals surface area (Å²) in [4.78, 5) is 0. The first-order chi connectivity index (χ1) is 7.81. The summed E-state index contributed by atoms with van der Waals surface area (Å²) in [6, 6.07) is 0. The summed E-state index contributed by atoms with van der Waals surface area (Å²) in [5.41, 5.74) is 9.06. The van der Waals surface area contributed by atoms with Crippen LogP contribution in [-0.2, 0) is 12.8 Å². The number of aromatic nitrogens is 4. The summed E-state index contributed by atoms with van der Waals surface area (Å²) in [6.07, 6.45) is 4.50. The molecule has 6 nitrogen and oxygen atoms in total. The molecule has 2 heterocycles. The SMILES string of the molecule is CNc1nn2c(N)nnc2c2c1CCCC2. The molecule has 0 saturated carbocycles. The zero-order valence-electron chi connectivity index (χ0n) is 9.19. The number of rotatable bonds is 1. The summed E-state index contributed by atoms with van der Waals surface area (Å²) in [7, 11) is 1.88. The summed E-state index contributed by atoms with van der Waals surface area (Å²) < 4.78 is 1.62. The minimum Gasteiger partial charge on any atom is -0.371 e. The molecular weight excluding hydrogens is 204 g/mol. The topological polar surface area (TPSA) is 81.1 Å². The van der Waals surface area contributed by atoms with Crippen LogP contribution in [0.25, 0.3) is 5.65 Å².